The molecule has 32 heavy (non-hydrogen) atoms. The van der Waals surface area contributed by atoms with Crippen molar-refractivity contribution < 1.29 is 4.74 Å². The molecule has 0 spiro atoms. The quantitative estimate of drug-likeness (QED) is 0.476. The van der Waals surface area contributed by atoms with Gasteiger partial charge in [0.15, 0.2) is 5.65 Å². The van der Waals surface area contributed by atoms with Crippen LogP contribution in [0.3, 0.4) is 0 Å². The van der Waals surface area contributed by atoms with Crippen LogP contribution in [0.1, 0.15) is 23.1 Å². The number of aromatic nitrogens is 5. The van der Waals surface area contributed by atoms with Crippen molar-refractivity contribution in [3.8, 4) is 5.69 Å². The maximum atomic E-state index is 13.8. The first-order valence-corrected chi connectivity index (χ1v) is 10.8. The van der Waals surface area contributed by atoms with Gasteiger partial charge in [0.1, 0.15) is 17.3 Å². The summed E-state index contributed by atoms with van der Waals surface area (Å²) < 4.78 is 9.34. The van der Waals surface area contributed by atoms with E-state index in [1.165, 1.54) is 0 Å². The summed E-state index contributed by atoms with van der Waals surface area (Å²) in [5, 5.41) is 4.85. The average Bonchev–Trinajstić information content (AvgIpc) is 3.22. The molecule has 0 N–H and O–H groups in total. The number of aryl methyl sites for hydroxylation is 3. The van der Waals surface area contributed by atoms with E-state index in [1.807, 2.05) is 45.3 Å². The van der Waals surface area contributed by atoms with Crippen LogP contribution in [0.25, 0.3) is 16.9 Å². The fraction of sp³-hybridized carbons (Fsp3) is 0.304. The predicted molar refractivity (Wildman–Crippen MR) is 124 cm³/mol. The Hall–Kier alpha value is -3.23. The predicted octanol–water partition coefficient (Wildman–Crippen LogP) is 3.36. The van der Waals surface area contributed by atoms with Gasteiger partial charge in [-0.25, -0.2) is 9.97 Å². The molecule has 1 fully saturated rings. The molecule has 0 radical (unpaired) electrons. The molecular formula is C23H23ClN6O2. The molecule has 8 nitrogen and oxygen atoms in total. The number of anilines is 1. The van der Waals surface area contributed by atoms with Gasteiger partial charge in [0.05, 0.1) is 29.9 Å². The van der Waals surface area contributed by atoms with Gasteiger partial charge in [0.25, 0.3) is 5.56 Å². The molecule has 1 unspecified atom stereocenters. The van der Waals surface area contributed by atoms with Crippen LogP contribution in [0.5, 0.6) is 0 Å². The monoisotopic (exact) mass is 450 g/mol. The molecule has 4 aromatic rings. The highest BCUT2D eigenvalue weighted by molar-refractivity contribution is 6.30. The zero-order chi connectivity index (χ0) is 22.4. The van der Waals surface area contributed by atoms with Crippen LogP contribution in [0.15, 0.2) is 47.5 Å². The number of fused-ring (bicyclic) bond motifs is 1. The topological polar surface area (TPSA) is 78.1 Å². The van der Waals surface area contributed by atoms with Gasteiger partial charge in [-0.1, -0.05) is 11.6 Å². The average molecular weight is 451 g/mol. The van der Waals surface area contributed by atoms with Crippen molar-refractivity contribution in [2.75, 3.05) is 24.6 Å². The largest absolute Gasteiger partial charge is 0.370 e. The summed E-state index contributed by atoms with van der Waals surface area (Å²) in [4.78, 5) is 25.3. The van der Waals surface area contributed by atoms with Crippen molar-refractivity contribution in [3.63, 3.8) is 0 Å². The highest BCUT2D eigenvalue weighted by Gasteiger charge is 2.26. The van der Waals surface area contributed by atoms with Crippen molar-refractivity contribution >= 4 is 28.5 Å². The van der Waals surface area contributed by atoms with Crippen LogP contribution in [-0.4, -0.2) is 44.0 Å². The Morgan fingerprint density at radius 2 is 1.88 bits per heavy atom. The molecule has 0 aliphatic carbocycles. The molecule has 1 atom stereocenters. The fourth-order valence-corrected chi connectivity index (χ4v) is 4.13. The first-order chi connectivity index (χ1) is 15.4. The van der Waals surface area contributed by atoms with E-state index >= 15 is 0 Å². The van der Waals surface area contributed by atoms with Gasteiger partial charge in [0.2, 0.25) is 0 Å². The van der Waals surface area contributed by atoms with Crippen molar-refractivity contribution in [1.82, 2.24) is 24.3 Å². The van der Waals surface area contributed by atoms with E-state index in [2.05, 4.69) is 10.00 Å². The van der Waals surface area contributed by atoms with Crippen LogP contribution in [0, 0.1) is 13.8 Å². The molecule has 3 aromatic heterocycles. The zero-order valence-electron chi connectivity index (χ0n) is 18.1. The molecule has 0 saturated carbocycles. The molecule has 9 heteroatoms. The number of nitrogens with zero attached hydrogens (tertiary/aromatic N) is 6. The number of halogens is 1. The van der Waals surface area contributed by atoms with Gasteiger partial charge < -0.3 is 9.64 Å². The SMILES string of the molecule is Cc1nc2cc(N3CCOC(c4cnn(C)c4)C3)c(=O)n(-c3ccc(Cl)cc3)c2nc1C. The van der Waals surface area contributed by atoms with E-state index in [0.29, 0.717) is 47.3 Å². The standard InChI is InChI=1S/C23H23ClN6O2/c1-14-15(2)27-22-19(26-14)10-20(23(31)30(22)18-6-4-17(24)5-7-18)29-8-9-32-21(13-29)16-11-25-28(3)12-16/h4-7,10-12,21H,8-9,13H2,1-3H3. The van der Waals surface area contributed by atoms with E-state index in [9.17, 15) is 4.79 Å². The number of ether oxygens (including phenoxy) is 1. The maximum Gasteiger partial charge on any atom is 0.280 e. The molecule has 1 aliphatic rings. The number of rotatable bonds is 3. The highest BCUT2D eigenvalue weighted by Crippen LogP contribution is 2.27. The minimum Gasteiger partial charge on any atom is -0.370 e. The Balaban J connectivity index is 1.66. The van der Waals surface area contributed by atoms with Gasteiger partial charge in [-0.15, -0.1) is 0 Å². The summed E-state index contributed by atoms with van der Waals surface area (Å²) in [6, 6.07) is 9.02. The summed E-state index contributed by atoms with van der Waals surface area (Å²) in [5.74, 6) is 0. The second kappa shape index (κ2) is 8.03. The molecule has 0 amide bonds. The zero-order valence-corrected chi connectivity index (χ0v) is 18.9. The molecule has 1 saturated heterocycles. The van der Waals surface area contributed by atoms with Crippen LogP contribution < -0.4 is 10.5 Å². The van der Waals surface area contributed by atoms with Crippen LogP contribution in [0.2, 0.25) is 5.02 Å². The van der Waals surface area contributed by atoms with Crippen LogP contribution >= 0.6 is 11.6 Å². The summed E-state index contributed by atoms with van der Waals surface area (Å²) in [7, 11) is 1.88. The van der Waals surface area contributed by atoms with Crippen molar-refractivity contribution in [1.29, 1.82) is 0 Å². The second-order valence-electron chi connectivity index (χ2n) is 8.00. The number of morpholine rings is 1. The van der Waals surface area contributed by atoms with E-state index in [0.717, 1.165) is 17.0 Å². The Kier molecular flexibility index (Phi) is 5.19. The molecule has 1 aromatic carbocycles. The molecular weight excluding hydrogens is 428 g/mol. The highest BCUT2D eigenvalue weighted by atomic mass is 35.5. The van der Waals surface area contributed by atoms with E-state index in [4.69, 9.17) is 26.3 Å². The first-order valence-electron chi connectivity index (χ1n) is 10.4. The molecule has 1 aliphatic heterocycles. The number of benzene rings is 1. The summed E-state index contributed by atoms with van der Waals surface area (Å²) >= 11 is 6.09. The minimum absolute atomic E-state index is 0.149. The summed E-state index contributed by atoms with van der Waals surface area (Å²) in [5.41, 5.74) is 4.92. The summed E-state index contributed by atoms with van der Waals surface area (Å²) in [6.45, 7) is 5.48. The Bertz CT molecular complexity index is 1360. The van der Waals surface area contributed by atoms with Crippen molar-refractivity contribution in [2.45, 2.75) is 20.0 Å². The normalized spacial score (nSPS) is 16.6. The lowest BCUT2D eigenvalue weighted by Crippen LogP contribution is -2.42. The lowest BCUT2D eigenvalue weighted by molar-refractivity contribution is 0.0396. The van der Waals surface area contributed by atoms with E-state index in [-0.39, 0.29) is 11.7 Å². The summed E-state index contributed by atoms with van der Waals surface area (Å²) in [6.07, 6.45) is 3.58. The molecule has 5 rings (SSSR count). The lowest BCUT2D eigenvalue weighted by atomic mass is 10.1. The first kappa shape index (κ1) is 20.7. The lowest BCUT2D eigenvalue weighted by Gasteiger charge is -2.34. The minimum atomic E-state index is -0.164. The smallest absolute Gasteiger partial charge is 0.280 e. The van der Waals surface area contributed by atoms with Gasteiger partial charge in [0, 0.05) is 36.9 Å². The number of hydrogen-bond acceptors (Lipinski definition) is 6. The van der Waals surface area contributed by atoms with Crippen molar-refractivity contribution in [3.05, 3.63) is 75.1 Å². The third-order valence-electron chi connectivity index (χ3n) is 5.81. The number of hydrogen-bond donors (Lipinski definition) is 0. The molecule has 0 bridgehead atoms. The van der Waals surface area contributed by atoms with Gasteiger partial charge >= 0.3 is 0 Å². The van der Waals surface area contributed by atoms with Gasteiger partial charge in [-0.05, 0) is 44.2 Å². The Labute approximate surface area is 190 Å². The Morgan fingerprint density at radius 3 is 2.59 bits per heavy atom. The Morgan fingerprint density at radius 1 is 1.12 bits per heavy atom. The third kappa shape index (κ3) is 3.65. The number of pyridine rings is 1. The van der Waals surface area contributed by atoms with Crippen LogP contribution in [-0.2, 0) is 11.8 Å². The third-order valence-corrected chi connectivity index (χ3v) is 6.06. The van der Waals surface area contributed by atoms with Crippen LogP contribution in [0.4, 0.5) is 5.69 Å². The maximum absolute atomic E-state index is 13.8. The molecule has 4 heterocycles. The second-order valence-corrected chi connectivity index (χ2v) is 8.44. The van der Waals surface area contributed by atoms with Gasteiger partial charge in [-0.3, -0.25) is 14.0 Å². The van der Waals surface area contributed by atoms with E-state index < -0.39 is 0 Å². The van der Waals surface area contributed by atoms with E-state index in [1.54, 1.807) is 27.6 Å². The van der Waals surface area contributed by atoms with Gasteiger partial charge in [-0.2, -0.15) is 5.10 Å². The van der Waals surface area contributed by atoms with Crippen molar-refractivity contribution in [2.24, 2.45) is 7.05 Å². The fourth-order valence-electron chi connectivity index (χ4n) is 4.00. The molecule has 164 valence electrons.